The largest absolute Gasteiger partial charge is 0.276 e. The minimum Gasteiger partial charge on any atom is -0.276 e. The van der Waals surface area contributed by atoms with Crippen molar-refractivity contribution in [3.8, 4) is 0 Å². The molecule has 1 aromatic heterocycles. The Kier molecular flexibility index (Phi) is 3.17. The Bertz CT molecular complexity index is 343. The molecule has 0 aromatic carbocycles. The summed E-state index contributed by atoms with van der Waals surface area (Å²) in [6.45, 7) is 0. The Morgan fingerprint density at radius 2 is 2.15 bits per heavy atom. The molecule has 1 aromatic rings. The average molecular weight is 226 g/mol. The second kappa shape index (κ2) is 3.98. The monoisotopic (exact) mass is 225 g/mol. The van der Waals surface area contributed by atoms with Gasteiger partial charge in [-0.3, -0.25) is 4.79 Å². The third-order valence-corrected chi connectivity index (χ3v) is 1.88. The first-order chi connectivity index (χ1) is 6.04. The van der Waals surface area contributed by atoms with Crippen LogP contribution in [-0.4, -0.2) is 10.2 Å². The predicted octanol–water partition coefficient (Wildman–Crippen LogP) is 3.05. The molecule has 0 amide bonds. The van der Waals surface area contributed by atoms with Gasteiger partial charge in [0.1, 0.15) is 5.15 Å². The number of carbonyl (C=O) groups excluding carboxylic acids is 1. The Balaban J connectivity index is 3.34. The van der Waals surface area contributed by atoms with Gasteiger partial charge in [0, 0.05) is 11.8 Å². The number of pyridine rings is 1. The topological polar surface area (TPSA) is 30.0 Å². The Morgan fingerprint density at radius 1 is 1.54 bits per heavy atom. The lowest BCUT2D eigenvalue weighted by atomic mass is 10.1. The maximum atomic E-state index is 12.3. The molecular formula is C7H3Cl2F2NO. The number of hydrogen-bond donors (Lipinski definition) is 0. The van der Waals surface area contributed by atoms with Crippen LogP contribution in [0.15, 0.2) is 12.3 Å². The molecule has 0 unspecified atom stereocenters. The molecule has 13 heavy (non-hydrogen) atoms. The molecule has 0 bridgehead atoms. The average Bonchev–Trinajstić information content (AvgIpc) is 2.02. The Hall–Kier alpha value is -0.740. The summed E-state index contributed by atoms with van der Waals surface area (Å²) in [6.07, 6.45) is -1.72. The van der Waals surface area contributed by atoms with Crippen LogP contribution in [0.5, 0.6) is 0 Å². The van der Waals surface area contributed by atoms with E-state index in [1.165, 1.54) is 0 Å². The number of halogens is 4. The standard InChI is InChI=1S/C7H3Cl2F2NO/c8-5-4(7(10)11)3(6(9)13)1-2-12-5/h1-2,7H. The van der Waals surface area contributed by atoms with Crippen LogP contribution in [0.2, 0.25) is 5.15 Å². The fourth-order valence-electron chi connectivity index (χ4n) is 0.827. The van der Waals surface area contributed by atoms with Crippen molar-refractivity contribution in [1.29, 1.82) is 0 Å². The quantitative estimate of drug-likeness (QED) is 0.572. The number of carbonyl (C=O) groups is 1. The van der Waals surface area contributed by atoms with Gasteiger partial charge in [0.15, 0.2) is 0 Å². The first kappa shape index (κ1) is 10.3. The molecule has 0 atom stereocenters. The van der Waals surface area contributed by atoms with Gasteiger partial charge in [0.05, 0.1) is 5.56 Å². The fraction of sp³-hybridized carbons (Fsp3) is 0.143. The van der Waals surface area contributed by atoms with Gasteiger partial charge < -0.3 is 0 Å². The van der Waals surface area contributed by atoms with Crippen LogP contribution in [0, 0.1) is 0 Å². The van der Waals surface area contributed by atoms with Crippen molar-refractivity contribution in [1.82, 2.24) is 4.98 Å². The number of rotatable bonds is 2. The van der Waals surface area contributed by atoms with E-state index in [0.717, 1.165) is 12.3 Å². The summed E-state index contributed by atoms with van der Waals surface area (Å²) in [5.41, 5.74) is -0.930. The number of nitrogens with zero attached hydrogens (tertiary/aromatic N) is 1. The summed E-state index contributed by atoms with van der Waals surface area (Å²) >= 11 is 10.4. The molecule has 0 saturated heterocycles. The maximum absolute atomic E-state index is 12.3. The van der Waals surface area contributed by atoms with Crippen molar-refractivity contribution in [3.05, 3.63) is 28.5 Å². The van der Waals surface area contributed by atoms with Crippen LogP contribution < -0.4 is 0 Å². The Morgan fingerprint density at radius 3 is 2.54 bits per heavy atom. The molecule has 70 valence electrons. The van der Waals surface area contributed by atoms with Gasteiger partial charge >= 0.3 is 0 Å². The first-order valence-corrected chi connectivity index (χ1v) is 3.92. The molecule has 1 rings (SSSR count). The van der Waals surface area contributed by atoms with E-state index in [1.807, 2.05) is 0 Å². The van der Waals surface area contributed by atoms with E-state index in [9.17, 15) is 13.6 Å². The highest BCUT2D eigenvalue weighted by Crippen LogP contribution is 2.29. The van der Waals surface area contributed by atoms with E-state index in [2.05, 4.69) is 4.98 Å². The van der Waals surface area contributed by atoms with Crippen molar-refractivity contribution in [2.24, 2.45) is 0 Å². The predicted molar refractivity (Wildman–Crippen MR) is 44.4 cm³/mol. The number of alkyl halides is 2. The van der Waals surface area contributed by atoms with Crippen molar-refractivity contribution < 1.29 is 13.6 Å². The highest BCUT2D eigenvalue weighted by Gasteiger charge is 2.20. The summed E-state index contributed by atoms with van der Waals surface area (Å²) in [4.78, 5) is 14.1. The molecule has 0 aliphatic carbocycles. The number of aromatic nitrogens is 1. The van der Waals surface area contributed by atoms with Gasteiger partial charge in [-0.25, -0.2) is 13.8 Å². The van der Waals surface area contributed by atoms with Crippen LogP contribution in [0.25, 0.3) is 0 Å². The molecule has 0 aliphatic heterocycles. The summed E-state index contributed by atoms with van der Waals surface area (Å²) in [6, 6.07) is 1.10. The van der Waals surface area contributed by atoms with Gasteiger partial charge in [-0.1, -0.05) is 11.6 Å². The highest BCUT2D eigenvalue weighted by atomic mass is 35.5. The van der Waals surface area contributed by atoms with Crippen LogP contribution in [-0.2, 0) is 0 Å². The second-order valence-corrected chi connectivity index (χ2v) is 2.84. The van der Waals surface area contributed by atoms with Gasteiger partial charge in [-0.05, 0) is 17.7 Å². The minimum absolute atomic E-state index is 0.309. The molecule has 0 N–H and O–H groups in total. The van der Waals surface area contributed by atoms with E-state index in [4.69, 9.17) is 23.2 Å². The minimum atomic E-state index is -2.86. The zero-order chi connectivity index (χ0) is 10.0. The zero-order valence-corrected chi connectivity index (χ0v) is 7.61. The lowest BCUT2D eigenvalue weighted by Crippen LogP contribution is -2.00. The van der Waals surface area contributed by atoms with Crippen molar-refractivity contribution in [2.75, 3.05) is 0 Å². The van der Waals surface area contributed by atoms with Crippen molar-refractivity contribution in [3.63, 3.8) is 0 Å². The van der Waals surface area contributed by atoms with Crippen molar-refractivity contribution >= 4 is 28.4 Å². The van der Waals surface area contributed by atoms with Crippen LogP contribution in [0.1, 0.15) is 22.3 Å². The molecule has 0 fully saturated rings. The first-order valence-electron chi connectivity index (χ1n) is 3.16. The molecule has 0 aliphatic rings. The van der Waals surface area contributed by atoms with Crippen LogP contribution in [0.4, 0.5) is 8.78 Å². The van der Waals surface area contributed by atoms with E-state index < -0.39 is 22.4 Å². The van der Waals surface area contributed by atoms with E-state index >= 15 is 0 Å². The normalized spacial score (nSPS) is 10.5. The molecule has 6 heteroatoms. The molecule has 2 nitrogen and oxygen atoms in total. The molecule has 0 saturated carbocycles. The van der Waals surface area contributed by atoms with Gasteiger partial charge in [-0.2, -0.15) is 0 Å². The third kappa shape index (κ3) is 2.14. The Labute approximate surface area is 82.5 Å². The lowest BCUT2D eigenvalue weighted by Gasteiger charge is -2.05. The van der Waals surface area contributed by atoms with Gasteiger partial charge in [-0.15, -0.1) is 0 Å². The van der Waals surface area contributed by atoms with E-state index in [0.29, 0.717) is 0 Å². The molecule has 0 radical (unpaired) electrons. The van der Waals surface area contributed by atoms with E-state index in [-0.39, 0.29) is 5.56 Å². The second-order valence-electron chi connectivity index (χ2n) is 2.14. The highest BCUT2D eigenvalue weighted by molar-refractivity contribution is 6.68. The summed E-state index contributed by atoms with van der Waals surface area (Å²) in [7, 11) is 0. The third-order valence-electron chi connectivity index (χ3n) is 1.37. The molecule has 1 heterocycles. The van der Waals surface area contributed by atoms with Crippen LogP contribution in [0.3, 0.4) is 0 Å². The van der Waals surface area contributed by atoms with E-state index in [1.54, 1.807) is 0 Å². The molecule has 0 spiro atoms. The summed E-state index contributed by atoms with van der Waals surface area (Å²) < 4.78 is 24.6. The fourth-order valence-corrected chi connectivity index (χ4v) is 1.23. The van der Waals surface area contributed by atoms with Gasteiger partial charge in [0.2, 0.25) is 0 Å². The maximum Gasteiger partial charge on any atom is 0.267 e. The lowest BCUT2D eigenvalue weighted by molar-refractivity contribution is 0.106. The molecular weight excluding hydrogens is 223 g/mol. The number of hydrogen-bond acceptors (Lipinski definition) is 2. The SMILES string of the molecule is O=C(Cl)c1ccnc(Cl)c1C(F)F. The smallest absolute Gasteiger partial charge is 0.267 e. The van der Waals surface area contributed by atoms with Crippen molar-refractivity contribution in [2.45, 2.75) is 6.43 Å². The zero-order valence-electron chi connectivity index (χ0n) is 6.10. The van der Waals surface area contributed by atoms with Gasteiger partial charge in [0.25, 0.3) is 11.7 Å². The van der Waals surface area contributed by atoms with Crippen LogP contribution >= 0.6 is 23.2 Å². The summed E-state index contributed by atoms with van der Waals surface area (Å²) in [5, 5.41) is -1.37. The summed E-state index contributed by atoms with van der Waals surface area (Å²) in [5.74, 6) is 0.